The van der Waals surface area contributed by atoms with Crippen molar-refractivity contribution in [2.24, 2.45) is 17.8 Å². The van der Waals surface area contributed by atoms with Crippen LogP contribution in [0.15, 0.2) is 0 Å². The van der Waals surface area contributed by atoms with Crippen LogP contribution in [0.25, 0.3) is 14.5 Å². The van der Waals surface area contributed by atoms with Crippen molar-refractivity contribution in [2.45, 2.75) is 238 Å². The molecule has 6 amide bonds. The normalized spacial score (nSPS) is 12.4. The van der Waals surface area contributed by atoms with Gasteiger partial charge in [0.2, 0.25) is 55.1 Å². The number of rotatable bonds is 51. The highest BCUT2D eigenvalue weighted by Gasteiger charge is 2.32. The van der Waals surface area contributed by atoms with E-state index in [2.05, 4.69) is 144 Å². The largest absolute Gasteiger partial charge is 0.356 e. The second kappa shape index (κ2) is 59.0. The van der Waals surface area contributed by atoms with Crippen LogP contribution >= 0.6 is 25.6 Å². The molecule has 0 saturated heterocycles. The highest BCUT2D eigenvalue weighted by Crippen LogP contribution is 2.48. The van der Waals surface area contributed by atoms with E-state index in [9.17, 15) is 28.8 Å². The third-order valence-corrected chi connectivity index (χ3v) is 18.8. The first-order valence-corrected chi connectivity index (χ1v) is 36.3. The maximum Gasteiger partial charge on any atom is 0.259 e. The van der Waals surface area contributed by atoms with E-state index in [-0.39, 0.29) is 109 Å². The van der Waals surface area contributed by atoms with Gasteiger partial charge in [-0.2, -0.15) is 0 Å². The Labute approximate surface area is 549 Å². The summed E-state index contributed by atoms with van der Waals surface area (Å²) in [7, 11) is -4.04. The standard InChI is InChI=1S/3C21H41N4O4P/c3*1-8-10-20(26)23-14-19(15-24-21(27)11-9-2)16-29-30(28-13-12-22-7)25(17(3)4)18(5)6/h3*17-19H,8-16H2,1-6H3,(H,23,26)(H,24,27). The van der Waals surface area contributed by atoms with E-state index in [0.717, 1.165) is 38.5 Å². The second-order valence-corrected chi connectivity index (χ2v) is 27.7. The van der Waals surface area contributed by atoms with Gasteiger partial charge in [0.15, 0.2) is 0 Å². The molecular weight excluding hydrogens is 1210 g/mol. The lowest BCUT2D eigenvalue weighted by Gasteiger charge is -2.36. The molecule has 0 aromatic heterocycles. The van der Waals surface area contributed by atoms with Crippen molar-refractivity contribution in [3.8, 4) is 0 Å². The molecule has 24 nitrogen and oxygen atoms in total. The van der Waals surface area contributed by atoms with Gasteiger partial charge in [-0.15, -0.1) is 0 Å². The second-order valence-electron chi connectivity index (χ2n) is 23.4. The molecule has 90 heavy (non-hydrogen) atoms. The van der Waals surface area contributed by atoms with E-state index in [1.807, 2.05) is 41.5 Å². The van der Waals surface area contributed by atoms with Crippen molar-refractivity contribution in [1.29, 1.82) is 0 Å². The molecule has 0 bridgehead atoms. The first-order valence-electron chi connectivity index (χ1n) is 32.9. The molecule has 3 unspecified atom stereocenters. The van der Waals surface area contributed by atoms with Gasteiger partial charge in [-0.1, -0.05) is 41.5 Å². The molecule has 522 valence electrons. The van der Waals surface area contributed by atoms with Crippen LogP contribution in [0.1, 0.15) is 202 Å². The first-order chi connectivity index (χ1) is 42.8. The minimum atomic E-state index is -1.35. The number of hydrogen-bond donors (Lipinski definition) is 6. The molecule has 0 spiro atoms. The Kier molecular flexibility index (Phi) is 59.3. The third-order valence-electron chi connectivity index (χ3n) is 12.6. The predicted molar refractivity (Wildman–Crippen MR) is 365 cm³/mol. The molecule has 0 aliphatic heterocycles. The summed E-state index contributed by atoms with van der Waals surface area (Å²) >= 11 is 0. The van der Waals surface area contributed by atoms with Crippen molar-refractivity contribution in [2.75, 3.05) is 98.5 Å². The first kappa shape index (κ1) is 90.4. The van der Waals surface area contributed by atoms with E-state index in [0.29, 0.717) is 117 Å². The number of hydrogen-bond acceptors (Lipinski definition) is 15. The van der Waals surface area contributed by atoms with Gasteiger partial charge in [0.25, 0.3) is 25.6 Å². The Morgan fingerprint density at radius 3 is 0.622 bits per heavy atom. The summed E-state index contributed by atoms with van der Waals surface area (Å²) in [5.41, 5.74) is 0. The SMILES string of the molecule is [C-]#[N+]CCOP(OCC(CNC(=O)CCC)CNC(=O)CCC)N(C(C)C)C(C)C.[C-]#[N+]CCOP(OCC(CNC(=O)CCC)CNC(=O)CCC)N(C(C)C)C(C)C.[C-]#[N+]CCOP(OCC(CNC(=O)CCC)CNC(=O)CCC)N(C(C)C)C(C)C. The molecule has 27 heteroatoms. The number of nitrogens with zero attached hydrogens (tertiary/aromatic N) is 6. The number of carbonyl (C=O) groups is 6. The van der Waals surface area contributed by atoms with Crippen LogP contribution in [-0.2, 0) is 55.9 Å². The number of amides is 6. The summed E-state index contributed by atoms with van der Waals surface area (Å²) < 4.78 is 42.8. The van der Waals surface area contributed by atoms with Crippen molar-refractivity contribution in [1.82, 2.24) is 45.9 Å². The topological polar surface area (TPSA) is 253 Å². The molecule has 0 heterocycles. The third kappa shape index (κ3) is 48.0. The molecule has 0 aliphatic rings. The van der Waals surface area contributed by atoms with Crippen LogP contribution in [0.3, 0.4) is 0 Å². The summed E-state index contributed by atoms with van der Waals surface area (Å²) in [4.78, 5) is 81.4. The molecule has 0 aromatic carbocycles. The van der Waals surface area contributed by atoms with Crippen molar-refractivity contribution >= 4 is 61.0 Å². The van der Waals surface area contributed by atoms with Crippen molar-refractivity contribution in [3.05, 3.63) is 34.3 Å². The van der Waals surface area contributed by atoms with E-state index in [1.54, 1.807) is 0 Å². The van der Waals surface area contributed by atoms with Crippen LogP contribution < -0.4 is 31.9 Å². The van der Waals surface area contributed by atoms with E-state index in [4.69, 9.17) is 46.9 Å². The molecule has 6 N–H and O–H groups in total. The Hall–Kier alpha value is -3.78. The van der Waals surface area contributed by atoms with Gasteiger partial charge in [-0.3, -0.25) is 28.8 Å². The Balaban J connectivity index is -0.00000126. The van der Waals surface area contributed by atoms with E-state index >= 15 is 0 Å². The van der Waals surface area contributed by atoms with Crippen LogP contribution in [0, 0.1) is 37.5 Å². The fourth-order valence-corrected chi connectivity index (χ4v) is 13.5. The number of carbonyl (C=O) groups excluding carboxylic acids is 6. The van der Waals surface area contributed by atoms with E-state index < -0.39 is 25.6 Å². The zero-order valence-electron chi connectivity index (χ0n) is 58.7. The lowest BCUT2D eigenvalue weighted by molar-refractivity contribution is -0.122. The summed E-state index contributed by atoms with van der Waals surface area (Å²) in [5, 5.41) is 17.6. The van der Waals surface area contributed by atoms with Gasteiger partial charge in [0.1, 0.15) is 19.8 Å². The molecule has 0 aromatic rings. The Morgan fingerprint density at radius 1 is 0.322 bits per heavy atom. The average Bonchev–Trinajstić information content (AvgIpc) is 1.81. The van der Waals surface area contributed by atoms with Crippen LogP contribution in [-0.4, -0.2) is 184 Å². The smallest absolute Gasteiger partial charge is 0.259 e. The number of nitrogens with one attached hydrogen (secondary N) is 6. The summed E-state index contributed by atoms with van der Waals surface area (Å²) in [5.74, 6) is -0.180. The fourth-order valence-electron chi connectivity index (χ4n) is 8.45. The van der Waals surface area contributed by atoms with Crippen LogP contribution in [0.4, 0.5) is 0 Å². The summed E-state index contributed by atoms with van der Waals surface area (Å²) in [6.45, 7) is 63.2. The molecular formula is C63H123N12O12P3. The van der Waals surface area contributed by atoms with Crippen molar-refractivity contribution < 1.29 is 55.9 Å². The Bertz CT molecular complexity index is 1710. The molecule has 0 rings (SSSR count). The minimum absolute atomic E-state index is 0.00365. The summed E-state index contributed by atoms with van der Waals surface area (Å²) in [6.07, 6.45) is 7.64. The minimum Gasteiger partial charge on any atom is -0.356 e. The lowest BCUT2D eigenvalue weighted by atomic mass is 10.1. The van der Waals surface area contributed by atoms with Gasteiger partial charge in [-0.25, -0.2) is 33.7 Å². The van der Waals surface area contributed by atoms with Gasteiger partial charge in [-0.05, 0) is 122 Å². The van der Waals surface area contributed by atoms with Crippen molar-refractivity contribution in [3.63, 3.8) is 0 Å². The van der Waals surface area contributed by atoms with Gasteiger partial charge in [0, 0.05) is 132 Å². The predicted octanol–water partition coefficient (Wildman–Crippen LogP) is 11.2. The maximum atomic E-state index is 11.9. The van der Waals surface area contributed by atoms with Crippen LogP contribution in [0.5, 0.6) is 0 Å². The fraction of sp³-hybridized carbons (Fsp3) is 0.857. The highest BCUT2D eigenvalue weighted by atomic mass is 31.2. The molecule has 0 fully saturated rings. The molecule has 0 radical (unpaired) electrons. The Morgan fingerprint density at radius 2 is 0.489 bits per heavy atom. The molecule has 0 aliphatic carbocycles. The zero-order valence-corrected chi connectivity index (χ0v) is 61.4. The van der Waals surface area contributed by atoms with Crippen LogP contribution in [0.2, 0.25) is 0 Å². The highest BCUT2D eigenvalue weighted by molar-refractivity contribution is 7.45. The van der Waals surface area contributed by atoms with Gasteiger partial charge in [0.05, 0.1) is 19.8 Å². The lowest BCUT2D eigenvalue weighted by Crippen LogP contribution is -2.39. The zero-order chi connectivity index (χ0) is 68.8. The monoisotopic (exact) mass is 1330 g/mol. The maximum absolute atomic E-state index is 11.9. The van der Waals surface area contributed by atoms with Gasteiger partial charge < -0.3 is 73.6 Å². The van der Waals surface area contributed by atoms with E-state index in [1.165, 1.54) is 0 Å². The molecule has 0 saturated carbocycles. The molecule has 3 atom stereocenters. The summed E-state index contributed by atoms with van der Waals surface area (Å²) in [6, 6.07) is 1.31. The average molecular weight is 1330 g/mol. The van der Waals surface area contributed by atoms with Gasteiger partial charge >= 0.3 is 0 Å². The quantitative estimate of drug-likeness (QED) is 0.0188.